The number of ether oxygens (including phenoxy) is 1. The SMILES string of the molecule is CC(C)(C)OC(=O)CN(C(=O)c1c(F)cc(F)cc1F)c1cccc(-c2ccc(C(=O)N3CCC(=O)CC3)cc2)c1. The number of anilines is 1. The largest absolute Gasteiger partial charge is 0.459 e. The van der Waals surface area contributed by atoms with Crippen molar-refractivity contribution < 1.29 is 37.1 Å². The minimum atomic E-state index is -1.41. The summed E-state index contributed by atoms with van der Waals surface area (Å²) in [4.78, 5) is 52.9. The van der Waals surface area contributed by atoms with E-state index in [2.05, 4.69) is 0 Å². The van der Waals surface area contributed by atoms with E-state index in [0.29, 0.717) is 54.8 Å². The fourth-order valence-electron chi connectivity index (χ4n) is 4.47. The molecule has 7 nitrogen and oxygen atoms in total. The summed E-state index contributed by atoms with van der Waals surface area (Å²) < 4.78 is 48.0. The van der Waals surface area contributed by atoms with Gasteiger partial charge >= 0.3 is 5.97 Å². The van der Waals surface area contributed by atoms with E-state index in [1.165, 1.54) is 6.07 Å². The molecule has 3 aromatic rings. The number of rotatable bonds is 6. The minimum absolute atomic E-state index is 0.133. The Morgan fingerprint density at radius 2 is 1.49 bits per heavy atom. The predicted molar refractivity (Wildman–Crippen MR) is 146 cm³/mol. The van der Waals surface area contributed by atoms with Crippen molar-refractivity contribution in [3.05, 3.63) is 89.2 Å². The molecular formula is C31H29F3N2O5. The molecule has 0 N–H and O–H groups in total. The van der Waals surface area contributed by atoms with Crippen molar-refractivity contribution in [1.82, 2.24) is 4.90 Å². The number of likely N-dealkylation sites (tertiary alicyclic amines) is 1. The van der Waals surface area contributed by atoms with Crippen molar-refractivity contribution in [3.8, 4) is 11.1 Å². The van der Waals surface area contributed by atoms with Crippen LogP contribution in [0.25, 0.3) is 11.1 Å². The highest BCUT2D eigenvalue weighted by Gasteiger charge is 2.29. The van der Waals surface area contributed by atoms with E-state index < -0.39 is 47.0 Å². The highest BCUT2D eigenvalue weighted by Crippen LogP contribution is 2.28. The maximum absolute atomic E-state index is 14.6. The number of carbonyl (C=O) groups is 4. The first-order valence-electron chi connectivity index (χ1n) is 13.0. The maximum Gasteiger partial charge on any atom is 0.326 e. The number of hydrogen-bond acceptors (Lipinski definition) is 5. The Balaban J connectivity index is 1.65. The first kappa shape index (κ1) is 29.5. The first-order valence-corrected chi connectivity index (χ1v) is 13.0. The second kappa shape index (κ2) is 12.0. The minimum Gasteiger partial charge on any atom is -0.459 e. The molecule has 0 bridgehead atoms. The number of halogens is 3. The van der Waals surface area contributed by atoms with Crippen LogP contribution >= 0.6 is 0 Å². The van der Waals surface area contributed by atoms with E-state index in [-0.39, 0.29) is 17.4 Å². The molecule has 1 heterocycles. The first-order chi connectivity index (χ1) is 19.3. The van der Waals surface area contributed by atoms with Crippen molar-refractivity contribution in [2.24, 2.45) is 0 Å². The number of carbonyl (C=O) groups excluding carboxylic acids is 4. The second-order valence-electron chi connectivity index (χ2n) is 10.7. The number of benzene rings is 3. The van der Waals surface area contributed by atoms with Crippen molar-refractivity contribution in [2.45, 2.75) is 39.2 Å². The van der Waals surface area contributed by atoms with Crippen molar-refractivity contribution in [1.29, 1.82) is 0 Å². The third-order valence-electron chi connectivity index (χ3n) is 6.40. The Hall–Kier alpha value is -4.47. The van der Waals surface area contributed by atoms with Crippen molar-refractivity contribution in [2.75, 3.05) is 24.5 Å². The fraction of sp³-hybridized carbons (Fsp3) is 0.290. The van der Waals surface area contributed by atoms with Crippen LogP contribution in [0.5, 0.6) is 0 Å². The van der Waals surface area contributed by atoms with Gasteiger partial charge in [-0.3, -0.25) is 24.1 Å². The molecule has 2 amide bonds. The van der Waals surface area contributed by atoms with Gasteiger partial charge in [-0.15, -0.1) is 0 Å². The average molecular weight is 567 g/mol. The van der Waals surface area contributed by atoms with Crippen LogP contribution in [0.1, 0.15) is 54.3 Å². The number of hydrogen-bond donors (Lipinski definition) is 0. The van der Waals surface area contributed by atoms with E-state index in [4.69, 9.17) is 4.74 Å². The van der Waals surface area contributed by atoms with Gasteiger partial charge in [0.1, 0.15) is 40.9 Å². The standard InChI is InChI=1S/C31H29F3N2O5/c1-31(2,3)41-27(38)18-36(30(40)28-25(33)16-22(32)17-26(28)34)23-6-4-5-21(15-23)19-7-9-20(10-8-19)29(39)35-13-11-24(37)12-14-35/h4-10,15-17H,11-14,18H2,1-3H3. The van der Waals surface area contributed by atoms with Crippen LogP contribution in [0, 0.1) is 17.5 Å². The average Bonchev–Trinajstić information content (AvgIpc) is 2.90. The van der Waals surface area contributed by atoms with Gasteiger partial charge in [-0.25, -0.2) is 13.2 Å². The van der Waals surface area contributed by atoms with E-state index in [0.717, 1.165) is 4.90 Å². The summed E-state index contributed by atoms with van der Waals surface area (Å²) in [6.45, 7) is 4.99. The van der Waals surface area contributed by atoms with Gasteiger partial charge in [0.25, 0.3) is 11.8 Å². The van der Waals surface area contributed by atoms with Crippen LogP contribution in [0.2, 0.25) is 0 Å². The van der Waals surface area contributed by atoms with Gasteiger partial charge in [0.2, 0.25) is 0 Å². The van der Waals surface area contributed by atoms with E-state index >= 15 is 0 Å². The Labute approximate surface area is 235 Å². The molecule has 10 heteroatoms. The number of nitrogens with zero attached hydrogens (tertiary/aromatic N) is 2. The Morgan fingerprint density at radius 1 is 0.878 bits per heavy atom. The lowest BCUT2D eigenvalue weighted by Gasteiger charge is -2.26. The topological polar surface area (TPSA) is 84.0 Å². The zero-order chi connectivity index (χ0) is 29.9. The van der Waals surface area contributed by atoms with Gasteiger partial charge in [0, 0.05) is 49.3 Å². The molecule has 3 aromatic carbocycles. The van der Waals surface area contributed by atoms with Crippen molar-refractivity contribution in [3.63, 3.8) is 0 Å². The van der Waals surface area contributed by atoms with E-state index in [9.17, 15) is 32.3 Å². The summed E-state index contributed by atoms with van der Waals surface area (Å²) in [5.74, 6) is -6.06. The highest BCUT2D eigenvalue weighted by molar-refractivity contribution is 6.09. The number of esters is 1. The zero-order valence-electron chi connectivity index (χ0n) is 22.9. The Kier molecular flexibility index (Phi) is 8.60. The van der Waals surface area contributed by atoms with Gasteiger partial charge in [0.15, 0.2) is 0 Å². The molecular weight excluding hydrogens is 537 g/mol. The van der Waals surface area contributed by atoms with Gasteiger partial charge in [-0.05, 0) is 56.2 Å². The molecule has 1 fully saturated rings. The maximum atomic E-state index is 14.6. The molecule has 41 heavy (non-hydrogen) atoms. The summed E-state index contributed by atoms with van der Waals surface area (Å²) in [6, 6.07) is 13.9. The van der Waals surface area contributed by atoms with Crippen LogP contribution in [-0.2, 0) is 14.3 Å². The molecule has 0 aliphatic carbocycles. The third-order valence-corrected chi connectivity index (χ3v) is 6.40. The van der Waals surface area contributed by atoms with E-state index in [1.54, 1.807) is 68.1 Å². The van der Waals surface area contributed by atoms with Crippen molar-refractivity contribution >= 4 is 29.3 Å². The number of ketones is 1. The smallest absolute Gasteiger partial charge is 0.326 e. The number of amides is 2. The molecule has 1 aliphatic rings. The van der Waals surface area contributed by atoms with Gasteiger partial charge in [0.05, 0.1) is 0 Å². The summed E-state index contributed by atoms with van der Waals surface area (Å²) in [7, 11) is 0. The quantitative estimate of drug-likeness (QED) is 0.365. The molecule has 0 saturated carbocycles. The predicted octanol–water partition coefficient (Wildman–Crippen LogP) is 5.56. The molecule has 0 atom stereocenters. The molecule has 0 aromatic heterocycles. The molecule has 0 spiro atoms. The molecule has 1 saturated heterocycles. The number of piperidine rings is 1. The zero-order valence-corrected chi connectivity index (χ0v) is 22.9. The monoisotopic (exact) mass is 566 g/mol. The summed E-state index contributed by atoms with van der Waals surface area (Å²) in [5, 5.41) is 0. The number of Topliss-reactive ketones (excluding diaryl/α,β-unsaturated/α-hetero) is 1. The lowest BCUT2D eigenvalue weighted by atomic mass is 10.0. The van der Waals surface area contributed by atoms with Gasteiger partial charge < -0.3 is 9.64 Å². The lowest BCUT2D eigenvalue weighted by molar-refractivity contribution is -0.152. The fourth-order valence-corrected chi connectivity index (χ4v) is 4.47. The summed E-state index contributed by atoms with van der Waals surface area (Å²) in [5.41, 5.74) is -0.0539. The van der Waals surface area contributed by atoms with Gasteiger partial charge in [-0.2, -0.15) is 0 Å². The van der Waals surface area contributed by atoms with Crippen LogP contribution in [0.15, 0.2) is 60.7 Å². The Morgan fingerprint density at radius 3 is 2.07 bits per heavy atom. The highest BCUT2D eigenvalue weighted by atomic mass is 19.1. The van der Waals surface area contributed by atoms with E-state index in [1.807, 2.05) is 0 Å². The van der Waals surface area contributed by atoms with Crippen LogP contribution in [-0.4, -0.2) is 53.7 Å². The molecule has 214 valence electrons. The summed E-state index contributed by atoms with van der Waals surface area (Å²) >= 11 is 0. The second-order valence-corrected chi connectivity index (χ2v) is 10.7. The van der Waals surface area contributed by atoms with Gasteiger partial charge in [-0.1, -0.05) is 24.3 Å². The normalized spacial score (nSPS) is 13.6. The Bertz CT molecular complexity index is 1470. The van der Waals surface area contributed by atoms with Crippen LogP contribution in [0.4, 0.5) is 18.9 Å². The molecule has 1 aliphatic heterocycles. The van der Waals surface area contributed by atoms with Crippen LogP contribution < -0.4 is 4.90 Å². The van der Waals surface area contributed by atoms with Crippen LogP contribution in [0.3, 0.4) is 0 Å². The lowest BCUT2D eigenvalue weighted by Crippen LogP contribution is -2.39. The molecule has 4 rings (SSSR count). The summed E-state index contributed by atoms with van der Waals surface area (Å²) in [6.07, 6.45) is 0.668. The molecule has 0 radical (unpaired) electrons. The third kappa shape index (κ3) is 7.19. The molecule has 0 unspecified atom stereocenters.